The fourth-order valence-corrected chi connectivity index (χ4v) is 6.11. The molecular weight excluding hydrogens is 559 g/mol. The number of nitrogens with zero attached hydrogens (tertiary/aromatic N) is 3. The lowest BCUT2D eigenvalue weighted by Crippen LogP contribution is -2.38. The first-order valence-electron chi connectivity index (χ1n) is 13.0. The number of alkyl halides is 3. The second-order valence-corrected chi connectivity index (χ2v) is 11.1. The van der Waals surface area contributed by atoms with Crippen LogP contribution in [0.3, 0.4) is 0 Å². The number of pyridine rings is 1. The van der Waals surface area contributed by atoms with Crippen molar-refractivity contribution in [2.24, 2.45) is 0 Å². The third-order valence-electron chi connectivity index (χ3n) is 6.89. The van der Waals surface area contributed by atoms with Crippen molar-refractivity contribution in [2.75, 3.05) is 19.7 Å². The number of aromatic nitrogens is 2. The van der Waals surface area contributed by atoms with Gasteiger partial charge in [0.1, 0.15) is 0 Å². The van der Waals surface area contributed by atoms with Crippen LogP contribution in [-0.2, 0) is 6.18 Å². The van der Waals surface area contributed by atoms with Crippen LogP contribution in [-0.4, -0.2) is 40.5 Å². The SMILES string of the molecule is CCOc1cc(C(F)(F)F)cnc1C(=O)N1CCC(c2nc(-c3ccc(Cl)cc3)c(-c3ccc(C)cc3)s2)CC1. The highest BCUT2D eigenvalue weighted by molar-refractivity contribution is 7.15. The average Bonchev–Trinajstić information content (AvgIpc) is 3.39. The Hall–Kier alpha value is -3.43. The molecule has 10 heteroatoms. The van der Waals surface area contributed by atoms with E-state index in [9.17, 15) is 18.0 Å². The van der Waals surface area contributed by atoms with E-state index in [4.69, 9.17) is 21.3 Å². The smallest absolute Gasteiger partial charge is 0.418 e. The normalized spacial score (nSPS) is 14.4. The first kappa shape index (κ1) is 28.1. The van der Waals surface area contributed by atoms with Crippen LogP contribution < -0.4 is 4.74 Å². The minimum Gasteiger partial charge on any atom is -0.491 e. The number of carbonyl (C=O) groups is 1. The number of aryl methyl sites for hydroxylation is 1. The highest BCUT2D eigenvalue weighted by Gasteiger charge is 2.34. The van der Waals surface area contributed by atoms with Crippen molar-refractivity contribution in [3.05, 3.63) is 87.6 Å². The molecule has 0 saturated carbocycles. The lowest BCUT2D eigenvalue weighted by Gasteiger charge is -2.31. The second-order valence-electron chi connectivity index (χ2n) is 9.67. The fourth-order valence-electron chi connectivity index (χ4n) is 4.72. The third-order valence-corrected chi connectivity index (χ3v) is 8.41. The van der Waals surface area contributed by atoms with Crippen LogP contribution in [0.1, 0.15) is 52.3 Å². The molecule has 0 unspecified atom stereocenters. The number of benzene rings is 2. The zero-order chi connectivity index (χ0) is 28.4. The van der Waals surface area contributed by atoms with Gasteiger partial charge in [-0.3, -0.25) is 4.79 Å². The summed E-state index contributed by atoms with van der Waals surface area (Å²) in [5.74, 6) is -0.442. The Morgan fingerprint density at radius 3 is 2.35 bits per heavy atom. The third kappa shape index (κ3) is 6.00. The molecule has 5 rings (SSSR count). The summed E-state index contributed by atoms with van der Waals surface area (Å²) < 4.78 is 44.9. The maximum atomic E-state index is 13.3. The molecule has 1 aliphatic heterocycles. The molecule has 0 bridgehead atoms. The molecule has 0 spiro atoms. The molecule has 2 aromatic heterocycles. The quantitative estimate of drug-likeness (QED) is 0.228. The molecule has 1 fully saturated rings. The first-order chi connectivity index (χ1) is 19.1. The molecule has 1 saturated heterocycles. The predicted octanol–water partition coefficient (Wildman–Crippen LogP) is 8.27. The molecule has 5 nitrogen and oxygen atoms in total. The van der Waals surface area contributed by atoms with E-state index in [-0.39, 0.29) is 24.0 Å². The average molecular weight is 586 g/mol. The van der Waals surface area contributed by atoms with Gasteiger partial charge in [0.2, 0.25) is 0 Å². The van der Waals surface area contributed by atoms with Crippen molar-refractivity contribution in [3.63, 3.8) is 0 Å². The Labute approximate surface area is 239 Å². The van der Waals surface area contributed by atoms with Gasteiger partial charge in [0, 0.05) is 35.8 Å². The molecule has 1 amide bonds. The molecule has 40 heavy (non-hydrogen) atoms. The van der Waals surface area contributed by atoms with Gasteiger partial charge >= 0.3 is 6.18 Å². The Balaban J connectivity index is 1.37. The van der Waals surface area contributed by atoms with Crippen LogP contribution in [0.25, 0.3) is 21.7 Å². The summed E-state index contributed by atoms with van der Waals surface area (Å²) in [7, 11) is 0. The molecule has 208 valence electrons. The maximum absolute atomic E-state index is 13.3. The number of halogens is 4. The van der Waals surface area contributed by atoms with Gasteiger partial charge in [-0.05, 0) is 50.5 Å². The number of rotatable bonds is 6. The topological polar surface area (TPSA) is 55.3 Å². The minimum atomic E-state index is -4.57. The van der Waals surface area contributed by atoms with Crippen LogP contribution >= 0.6 is 22.9 Å². The van der Waals surface area contributed by atoms with E-state index in [0.717, 1.165) is 32.8 Å². The zero-order valence-electron chi connectivity index (χ0n) is 22.0. The number of ether oxygens (including phenoxy) is 1. The molecule has 1 aliphatic rings. The van der Waals surface area contributed by atoms with Gasteiger partial charge in [0.15, 0.2) is 11.4 Å². The van der Waals surface area contributed by atoms with Gasteiger partial charge in [-0.25, -0.2) is 9.97 Å². The first-order valence-corrected chi connectivity index (χ1v) is 14.2. The van der Waals surface area contributed by atoms with Crippen molar-refractivity contribution in [2.45, 2.75) is 38.8 Å². The molecular formula is C30H27ClF3N3O2S. The Kier molecular flexibility index (Phi) is 8.14. The summed E-state index contributed by atoms with van der Waals surface area (Å²) in [5, 5.41) is 1.65. The number of piperidine rings is 1. The van der Waals surface area contributed by atoms with E-state index in [1.807, 2.05) is 24.3 Å². The summed E-state index contributed by atoms with van der Waals surface area (Å²) in [6.07, 6.45) is -2.54. The molecule has 4 aromatic rings. The van der Waals surface area contributed by atoms with E-state index in [2.05, 4.69) is 36.2 Å². The zero-order valence-corrected chi connectivity index (χ0v) is 23.5. The van der Waals surface area contributed by atoms with Gasteiger partial charge in [-0.1, -0.05) is 53.6 Å². The predicted molar refractivity (Wildman–Crippen MR) is 151 cm³/mol. The van der Waals surface area contributed by atoms with E-state index in [1.165, 1.54) is 5.56 Å². The number of thiazole rings is 1. The van der Waals surface area contributed by atoms with Crippen molar-refractivity contribution in [1.29, 1.82) is 0 Å². The van der Waals surface area contributed by atoms with Crippen LogP contribution in [0.4, 0.5) is 13.2 Å². The number of hydrogen-bond acceptors (Lipinski definition) is 5. The maximum Gasteiger partial charge on any atom is 0.418 e. The van der Waals surface area contributed by atoms with Gasteiger partial charge < -0.3 is 9.64 Å². The van der Waals surface area contributed by atoms with Gasteiger partial charge in [-0.15, -0.1) is 11.3 Å². The summed E-state index contributed by atoms with van der Waals surface area (Å²) >= 11 is 7.78. The van der Waals surface area contributed by atoms with Crippen molar-refractivity contribution in [3.8, 4) is 27.4 Å². The standard InChI is InChI=1S/C30H27ClF3N3O2S/c1-3-39-24-16-22(30(32,33)34)17-35-26(24)29(38)37-14-12-21(13-15-37)28-36-25(19-8-10-23(31)11-9-19)27(40-28)20-6-4-18(2)5-7-20/h4-11,16-17,21H,3,12-15H2,1-2H3. The van der Waals surface area contributed by atoms with E-state index in [1.54, 1.807) is 23.2 Å². The number of carbonyl (C=O) groups excluding carboxylic acids is 1. The Morgan fingerprint density at radius 1 is 1.07 bits per heavy atom. The molecule has 3 heterocycles. The Morgan fingerprint density at radius 2 is 1.73 bits per heavy atom. The van der Waals surface area contributed by atoms with Crippen molar-refractivity contribution >= 4 is 28.8 Å². The second kappa shape index (κ2) is 11.6. The van der Waals surface area contributed by atoms with Crippen LogP contribution in [0.2, 0.25) is 5.02 Å². The van der Waals surface area contributed by atoms with Crippen molar-refractivity contribution in [1.82, 2.24) is 14.9 Å². The van der Waals surface area contributed by atoms with Crippen LogP contribution in [0.5, 0.6) is 5.75 Å². The monoisotopic (exact) mass is 585 g/mol. The molecule has 0 N–H and O–H groups in total. The number of likely N-dealkylation sites (tertiary alicyclic amines) is 1. The lowest BCUT2D eigenvalue weighted by molar-refractivity contribution is -0.138. The highest BCUT2D eigenvalue weighted by atomic mass is 35.5. The van der Waals surface area contributed by atoms with Gasteiger partial charge in [-0.2, -0.15) is 13.2 Å². The number of hydrogen-bond donors (Lipinski definition) is 0. The van der Waals surface area contributed by atoms with Crippen LogP contribution in [0, 0.1) is 6.92 Å². The summed E-state index contributed by atoms with van der Waals surface area (Å²) in [6.45, 7) is 4.70. The summed E-state index contributed by atoms with van der Waals surface area (Å²) in [6, 6.07) is 16.8. The Bertz CT molecular complexity index is 1430. The van der Waals surface area contributed by atoms with E-state index in [0.29, 0.717) is 37.2 Å². The van der Waals surface area contributed by atoms with Gasteiger partial charge in [0.05, 0.1) is 27.7 Å². The van der Waals surface area contributed by atoms with Gasteiger partial charge in [0.25, 0.3) is 5.91 Å². The van der Waals surface area contributed by atoms with Crippen molar-refractivity contribution < 1.29 is 22.7 Å². The lowest BCUT2D eigenvalue weighted by atomic mass is 9.97. The molecule has 0 aliphatic carbocycles. The minimum absolute atomic E-state index is 0.103. The highest BCUT2D eigenvalue weighted by Crippen LogP contribution is 2.42. The molecule has 0 radical (unpaired) electrons. The largest absolute Gasteiger partial charge is 0.491 e. The molecule has 0 atom stereocenters. The van der Waals surface area contributed by atoms with Crippen LogP contribution in [0.15, 0.2) is 60.8 Å². The summed E-state index contributed by atoms with van der Waals surface area (Å²) in [4.78, 5) is 24.9. The van der Waals surface area contributed by atoms with E-state index < -0.39 is 17.6 Å². The summed E-state index contributed by atoms with van der Waals surface area (Å²) in [5.41, 5.74) is 3.09. The fraction of sp³-hybridized carbons (Fsp3) is 0.300. The number of amides is 1. The molecule has 2 aromatic carbocycles. The van der Waals surface area contributed by atoms with E-state index >= 15 is 0 Å².